The average Bonchev–Trinajstić information content (AvgIpc) is 3.54. The molecule has 0 radical (unpaired) electrons. The van der Waals surface area contributed by atoms with Crippen molar-refractivity contribution in [2.45, 2.75) is 31.2 Å². The van der Waals surface area contributed by atoms with Crippen molar-refractivity contribution in [3.05, 3.63) is 70.2 Å². The molecule has 0 bridgehead atoms. The summed E-state index contributed by atoms with van der Waals surface area (Å²) in [6.07, 6.45) is 3.35. The third-order valence-electron chi connectivity index (χ3n) is 6.62. The van der Waals surface area contributed by atoms with Crippen LogP contribution >= 0.6 is 0 Å². The Balaban J connectivity index is 1.70. The maximum atomic E-state index is 13.3. The first-order valence-corrected chi connectivity index (χ1v) is 10.9. The minimum atomic E-state index is -0.827. The van der Waals surface area contributed by atoms with E-state index in [2.05, 4.69) is 10.3 Å². The van der Waals surface area contributed by atoms with Crippen LogP contribution in [0.5, 0.6) is 5.75 Å². The molecule has 2 aromatic carbocycles. The molecule has 1 aliphatic heterocycles. The Bertz CT molecular complexity index is 1290. The van der Waals surface area contributed by atoms with Gasteiger partial charge in [-0.15, -0.1) is 0 Å². The predicted octanol–water partition coefficient (Wildman–Crippen LogP) is 2.40. The zero-order valence-corrected chi connectivity index (χ0v) is 18.2. The van der Waals surface area contributed by atoms with Crippen molar-refractivity contribution < 1.29 is 24.2 Å². The highest BCUT2D eigenvalue weighted by molar-refractivity contribution is 6.10. The summed E-state index contributed by atoms with van der Waals surface area (Å²) < 4.78 is 13.3. The molecular weight excluding hydrogens is 425 g/mol. The Kier molecular flexibility index (Phi) is 5.05. The Labute approximate surface area is 189 Å². The quantitative estimate of drug-likeness (QED) is 0.536. The molecule has 33 heavy (non-hydrogen) atoms. The number of benzene rings is 2. The van der Waals surface area contributed by atoms with Gasteiger partial charge in [0.05, 0.1) is 17.6 Å². The Morgan fingerprint density at radius 2 is 1.97 bits per heavy atom. The molecule has 0 unspecified atom stereocenters. The highest BCUT2D eigenvalue weighted by Crippen LogP contribution is 2.55. The van der Waals surface area contributed by atoms with Gasteiger partial charge in [-0.3, -0.25) is 14.6 Å². The lowest BCUT2D eigenvalue weighted by Crippen LogP contribution is -2.37. The van der Waals surface area contributed by atoms with Crippen LogP contribution in [0, 0.1) is 5.82 Å². The summed E-state index contributed by atoms with van der Waals surface area (Å²) in [7, 11) is 1.66. The van der Waals surface area contributed by atoms with Crippen LogP contribution < -0.4 is 5.32 Å². The number of carbonyl (C=O) groups is 2. The molecule has 170 valence electrons. The van der Waals surface area contributed by atoms with Crippen LogP contribution in [0.25, 0.3) is 10.9 Å². The van der Waals surface area contributed by atoms with Crippen molar-refractivity contribution in [3.63, 3.8) is 0 Å². The van der Waals surface area contributed by atoms with Crippen LogP contribution in [-0.4, -0.2) is 52.1 Å². The third-order valence-corrected chi connectivity index (χ3v) is 6.62. The highest BCUT2D eigenvalue weighted by Gasteiger charge is 2.54. The summed E-state index contributed by atoms with van der Waals surface area (Å²) in [5.41, 5.74) is 2.81. The van der Waals surface area contributed by atoms with Crippen LogP contribution in [0.3, 0.4) is 0 Å². The first-order chi connectivity index (χ1) is 15.9. The average molecular weight is 449 g/mol. The maximum Gasteiger partial charge on any atom is 0.258 e. The molecule has 0 saturated heterocycles. The number of carbonyl (C=O) groups excluding carboxylic acids is 2. The number of phenolic OH excluding ortho intramolecular Hbond substituents is 1. The molecule has 7 nitrogen and oxygen atoms in total. The summed E-state index contributed by atoms with van der Waals surface area (Å²) in [5.74, 6) is -0.972. The fourth-order valence-electron chi connectivity index (χ4n) is 4.86. The van der Waals surface area contributed by atoms with Crippen LogP contribution in [0.1, 0.15) is 45.5 Å². The SMILES string of the molecule is CN1Cc2c(c(O)c3ncc(Cc4ccc(F)cc4)cc3c2C2(C(=O)NCCO)CC2)C1=O. The molecule has 1 fully saturated rings. The van der Waals surface area contributed by atoms with E-state index in [1.54, 1.807) is 25.4 Å². The number of hydrogen-bond acceptors (Lipinski definition) is 5. The molecule has 1 aliphatic carbocycles. The van der Waals surface area contributed by atoms with E-state index in [1.807, 2.05) is 6.07 Å². The van der Waals surface area contributed by atoms with Gasteiger partial charge in [-0.05, 0) is 59.7 Å². The van der Waals surface area contributed by atoms with Gasteiger partial charge in [0.25, 0.3) is 5.91 Å². The number of phenols is 1. The Morgan fingerprint density at radius 1 is 1.24 bits per heavy atom. The first kappa shape index (κ1) is 21.3. The summed E-state index contributed by atoms with van der Waals surface area (Å²) in [5, 5.41) is 23.6. The van der Waals surface area contributed by atoms with Gasteiger partial charge in [0, 0.05) is 31.7 Å². The highest BCUT2D eigenvalue weighted by atomic mass is 19.1. The molecular formula is C25H24FN3O4. The lowest BCUT2D eigenvalue weighted by molar-refractivity contribution is -0.123. The third kappa shape index (κ3) is 3.41. The first-order valence-electron chi connectivity index (χ1n) is 10.9. The smallest absolute Gasteiger partial charge is 0.258 e. The molecule has 2 aliphatic rings. The number of aliphatic hydroxyl groups is 1. The largest absolute Gasteiger partial charge is 0.505 e. The van der Waals surface area contributed by atoms with E-state index in [4.69, 9.17) is 5.11 Å². The summed E-state index contributed by atoms with van der Waals surface area (Å²) >= 11 is 0. The Morgan fingerprint density at radius 3 is 2.64 bits per heavy atom. The summed E-state index contributed by atoms with van der Waals surface area (Å²) in [4.78, 5) is 32.0. The number of aromatic hydroxyl groups is 1. The van der Waals surface area contributed by atoms with Crippen molar-refractivity contribution >= 4 is 22.7 Å². The van der Waals surface area contributed by atoms with E-state index in [0.717, 1.165) is 16.7 Å². The number of halogens is 1. The minimum Gasteiger partial charge on any atom is -0.505 e. The van der Waals surface area contributed by atoms with Crippen molar-refractivity contribution in [2.24, 2.45) is 0 Å². The minimum absolute atomic E-state index is 0.145. The normalized spacial score (nSPS) is 16.2. The zero-order valence-electron chi connectivity index (χ0n) is 18.2. The number of nitrogens with zero attached hydrogens (tertiary/aromatic N) is 2. The summed E-state index contributed by atoms with van der Waals surface area (Å²) in [6.45, 7) is 0.275. The van der Waals surface area contributed by atoms with Crippen molar-refractivity contribution in [1.82, 2.24) is 15.2 Å². The molecule has 0 atom stereocenters. The van der Waals surface area contributed by atoms with Crippen molar-refractivity contribution in [1.29, 1.82) is 0 Å². The van der Waals surface area contributed by atoms with Crippen LogP contribution in [0.2, 0.25) is 0 Å². The van der Waals surface area contributed by atoms with Crippen LogP contribution in [-0.2, 0) is 23.2 Å². The standard InChI is InChI=1S/C25H24FN3O4/c1-29-13-18-19(23(29)32)22(31)21-17(20(18)25(6-7-25)24(33)27-8-9-30)11-15(12-28-21)10-14-2-4-16(26)5-3-14/h2-5,11-12,30-31H,6-10,13H2,1H3,(H,27,33). The molecule has 2 heterocycles. The van der Waals surface area contributed by atoms with E-state index in [1.165, 1.54) is 17.0 Å². The number of aromatic nitrogens is 1. The molecule has 2 amide bonds. The second-order valence-electron chi connectivity index (χ2n) is 8.84. The Hall–Kier alpha value is -3.52. The van der Waals surface area contributed by atoms with Crippen LogP contribution in [0.15, 0.2) is 36.5 Å². The lowest BCUT2D eigenvalue weighted by Gasteiger charge is -2.22. The number of amides is 2. The van der Waals surface area contributed by atoms with Gasteiger partial charge in [0.15, 0.2) is 5.75 Å². The number of aliphatic hydroxyl groups excluding tert-OH is 1. The second kappa shape index (κ2) is 7.81. The fraction of sp³-hybridized carbons (Fsp3) is 0.320. The number of rotatable bonds is 6. The fourth-order valence-corrected chi connectivity index (χ4v) is 4.86. The van der Waals surface area contributed by atoms with Gasteiger partial charge in [-0.2, -0.15) is 0 Å². The van der Waals surface area contributed by atoms with Gasteiger partial charge >= 0.3 is 0 Å². The van der Waals surface area contributed by atoms with Crippen molar-refractivity contribution in [2.75, 3.05) is 20.2 Å². The number of fused-ring (bicyclic) bond motifs is 2. The van der Waals surface area contributed by atoms with Gasteiger partial charge in [0.2, 0.25) is 5.91 Å². The topological polar surface area (TPSA) is 103 Å². The molecule has 8 heteroatoms. The molecule has 0 spiro atoms. The van der Waals surface area contributed by atoms with Crippen LogP contribution in [0.4, 0.5) is 4.39 Å². The number of hydrogen-bond donors (Lipinski definition) is 3. The molecule has 1 saturated carbocycles. The second-order valence-corrected chi connectivity index (χ2v) is 8.84. The van der Waals surface area contributed by atoms with E-state index in [0.29, 0.717) is 36.8 Å². The van der Waals surface area contributed by atoms with Crippen molar-refractivity contribution in [3.8, 4) is 5.75 Å². The number of pyridine rings is 1. The predicted molar refractivity (Wildman–Crippen MR) is 119 cm³/mol. The van der Waals surface area contributed by atoms with E-state index < -0.39 is 5.41 Å². The maximum absolute atomic E-state index is 13.3. The van der Waals surface area contributed by atoms with E-state index in [-0.39, 0.29) is 47.6 Å². The molecule has 1 aromatic heterocycles. The molecule has 5 rings (SSSR count). The molecule has 3 N–H and O–H groups in total. The van der Waals surface area contributed by atoms with E-state index in [9.17, 15) is 19.1 Å². The van der Waals surface area contributed by atoms with E-state index >= 15 is 0 Å². The monoisotopic (exact) mass is 449 g/mol. The van der Waals surface area contributed by atoms with Gasteiger partial charge in [-0.25, -0.2) is 4.39 Å². The van der Waals surface area contributed by atoms with Gasteiger partial charge < -0.3 is 20.4 Å². The lowest BCUT2D eigenvalue weighted by atomic mass is 9.84. The summed E-state index contributed by atoms with van der Waals surface area (Å²) in [6, 6.07) is 8.13. The molecule has 3 aromatic rings. The zero-order chi connectivity index (χ0) is 23.3. The number of nitrogens with one attached hydrogen (secondary N) is 1. The van der Waals surface area contributed by atoms with Gasteiger partial charge in [0.1, 0.15) is 11.3 Å². The van der Waals surface area contributed by atoms with Gasteiger partial charge in [-0.1, -0.05) is 12.1 Å².